The lowest BCUT2D eigenvalue weighted by Crippen LogP contribution is -2.41. The molecule has 0 amide bonds. The number of aryl methyl sites for hydroxylation is 1. The number of carbonyl (C=O) groups is 1. The highest BCUT2D eigenvalue weighted by Crippen LogP contribution is 2.34. The third-order valence-electron chi connectivity index (χ3n) is 6.59. The Balaban J connectivity index is 1.65. The molecule has 1 aliphatic rings. The zero-order valence-electron chi connectivity index (χ0n) is 18.2. The molecule has 32 heavy (non-hydrogen) atoms. The van der Waals surface area contributed by atoms with Crippen molar-refractivity contribution < 1.29 is 17.6 Å². The van der Waals surface area contributed by atoms with Crippen LogP contribution < -0.4 is 5.14 Å². The van der Waals surface area contributed by atoms with E-state index >= 15 is 0 Å². The summed E-state index contributed by atoms with van der Waals surface area (Å²) < 4.78 is 31.2. The third-order valence-corrected chi connectivity index (χ3v) is 7.95. The number of hydrogen-bond acceptors (Lipinski definition) is 5. The molecule has 1 fully saturated rings. The van der Waals surface area contributed by atoms with E-state index in [1.165, 1.54) is 6.42 Å². The fourth-order valence-electron chi connectivity index (χ4n) is 4.87. The highest BCUT2D eigenvalue weighted by Gasteiger charge is 2.39. The summed E-state index contributed by atoms with van der Waals surface area (Å²) in [7, 11) is -3.94. The molecular formula is C25H30N2O4S. The van der Waals surface area contributed by atoms with Gasteiger partial charge < -0.3 is 4.42 Å². The molecule has 4 rings (SSSR count). The molecule has 6 nitrogen and oxygen atoms in total. The van der Waals surface area contributed by atoms with Gasteiger partial charge in [-0.05, 0) is 42.9 Å². The summed E-state index contributed by atoms with van der Waals surface area (Å²) in [5.74, 6) is -0.962. The lowest BCUT2D eigenvalue weighted by Gasteiger charge is -2.29. The first-order chi connectivity index (χ1) is 15.4. The van der Waals surface area contributed by atoms with Crippen LogP contribution in [0.15, 0.2) is 59.0 Å². The van der Waals surface area contributed by atoms with E-state index < -0.39 is 21.2 Å². The molecule has 0 saturated heterocycles. The van der Waals surface area contributed by atoms with Crippen molar-refractivity contribution in [3.63, 3.8) is 0 Å². The standard InChI is InChI=1S/C25H30N2O4S/c26-32(29,30)23(17-19-11-5-2-6-12-19)20(16-15-18-9-3-1-4-10-18)24(28)25-27-21-13-7-8-14-22(21)31-25/h1,3-4,7-10,13-14,19-20,23H,2,5-6,11-12,15-17H2,(H2,26,29,30)/t20-,23?/m1/s1. The second-order valence-corrected chi connectivity index (χ2v) is 10.6. The third kappa shape index (κ3) is 5.45. The van der Waals surface area contributed by atoms with E-state index in [9.17, 15) is 13.2 Å². The van der Waals surface area contributed by atoms with Crippen LogP contribution in [0, 0.1) is 11.8 Å². The van der Waals surface area contributed by atoms with Crippen molar-refractivity contribution in [1.29, 1.82) is 0 Å². The van der Waals surface area contributed by atoms with Crippen LogP contribution in [-0.2, 0) is 16.4 Å². The Labute approximate surface area is 189 Å². The first-order valence-electron chi connectivity index (χ1n) is 11.4. The molecule has 0 radical (unpaired) electrons. The Kier molecular flexibility index (Phi) is 7.06. The van der Waals surface area contributed by atoms with Gasteiger partial charge in [-0.2, -0.15) is 0 Å². The molecule has 170 valence electrons. The number of benzene rings is 2. The van der Waals surface area contributed by atoms with Gasteiger partial charge in [0.05, 0.1) is 5.25 Å². The number of sulfonamides is 1. The maximum atomic E-state index is 13.6. The van der Waals surface area contributed by atoms with Gasteiger partial charge in [-0.15, -0.1) is 0 Å². The van der Waals surface area contributed by atoms with Gasteiger partial charge in [0.1, 0.15) is 5.52 Å². The van der Waals surface area contributed by atoms with Crippen molar-refractivity contribution in [2.24, 2.45) is 17.0 Å². The van der Waals surface area contributed by atoms with Crippen LogP contribution in [-0.4, -0.2) is 24.4 Å². The van der Waals surface area contributed by atoms with Crippen molar-refractivity contribution in [3.8, 4) is 0 Å². The predicted octanol–water partition coefficient (Wildman–Crippen LogP) is 4.89. The zero-order valence-corrected chi connectivity index (χ0v) is 19.0. The van der Waals surface area contributed by atoms with Gasteiger partial charge in [0.2, 0.25) is 15.8 Å². The normalized spacial score (nSPS) is 17.3. The van der Waals surface area contributed by atoms with Crippen molar-refractivity contribution >= 4 is 26.9 Å². The summed E-state index contributed by atoms with van der Waals surface area (Å²) in [6.07, 6.45) is 6.68. The number of carbonyl (C=O) groups excluding carboxylic acids is 1. The van der Waals surface area contributed by atoms with Crippen molar-refractivity contribution in [3.05, 3.63) is 66.1 Å². The van der Waals surface area contributed by atoms with Gasteiger partial charge >= 0.3 is 0 Å². The fraction of sp³-hybridized carbons (Fsp3) is 0.440. The van der Waals surface area contributed by atoms with Crippen LogP contribution in [0.3, 0.4) is 0 Å². The number of aromatic nitrogens is 1. The van der Waals surface area contributed by atoms with E-state index in [0.29, 0.717) is 30.4 Å². The SMILES string of the molecule is NS(=O)(=O)C(CC1CCCCC1)[C@@H](CCc1ccccc1)C(=O)c1nc2ccccc2o1. The molecule has 1 unspecified atom stereocenters. The minimum Gasteiger partial charge on any atom is -0.434 e. The van der Waals surface area contributed by atoms with E-state index in [-0.39, 0.29) is 17.6 Å². The summed E-state index contributed by atoms with van der Waals surface area (Å²) >= 11 is 0. The Bertz CT molecular complexity index is 1120. The Morgan fingerprint density at radius 2 is 1.72 bits per heavy atom. The summed E-state index contributed by atoms with van der Waals surface area (Å²) in [5, 5.41) is 4.78. The highest BCUT2D eigenvalue weighted by atomic mass is 32.2. The smallest absolute Gasteiger partial charge is 0.264 e. The molecule has 1 saturated carbocycles. The van der Waals surface area contributed by atoms with E-state index in [0.717, 1.165) is 31.2 Å². The van der Waals surface area contributed by atoms with Crippen LogP contribution in [0.25, 0.3) is 11.1 Å². The summed E-state index contributed by atoms with van der Waals surface area (Å²) in [6.45, 7) is 0. The number of rotatable bonds is 9. The van der Waals surface area contributed by atoms with Gasteiger partial charge in [0, 0.05) is 5.92 Å². The first-order valence-corrected chi connectivity index (χ1v) is 13.0. The minimum atomic E-state index is -3.94. The summed E-state index contributed by atoms with van der Waals surface area (Å²) in [4.78, 5) is 17.9. The Hall–Kier alpha value is -2.51. The van der Waals surface area contributed by atoms with Crippen molar-refractivity contribution in [2.45, 2.75) is 56.6 Å². The van der Waals surface area contributed by atoms with Crippen LogP contribution in [0.1, 0.15) is 61.2 Å². The van der Waals surface area contributed by atoms with Gasteiger partial charge in [0.15, 0.2) is 5.58 Å². The van der Waals surface area contributed by atoms with Gasteiger partial charge in [-0.3, -0.25) is 4.79 Å². The molecule has 0 aliphatic heterocycles. The lowest BCUT2D eigenvalue weighted by molar-refractivity contribution is 0.0867. The predicted molar refractivity (Wildman–Crippen MR) is 125 cm³/mol. The molecule has 2 N–H and O–H groups in total. The Morgan fingerprint density at radius 3 is 2.41 bits per heavy atom. The quantitative estimate of drug-likeness (QED) is 0.464. The molecule has 2 atom stereocenters. The minimum absolute atomic E-state index is 0.0402. The topological polar surface area (TPSA) is 103 Å². The van der Waals surface area contributed by atoms with Crippen LogP contribution >= 0.6 is 0 Å². The summed E-state index contributed by atoms with van der Waals surface area (Å²) in [5.41, 5.74) is 2.14. The number of ketones is 1. The van der Waals surface area contributed by atoms with Crippen LogP contribution in [0.5, 0.6) is 0 Å². The molecule has 0 spiro atoms. The number of hydrogen-bond donors (Lipinski definition) is 1. The summed E-state index contributed by atoms with van der Waals surface area (Å²) in [6, 6.07) is 16.9. The number of primary sulfonamides is 1. The molecule has 2 aromatic carbocycles. The van der Waals surface area contributed by atoms with Gasteiger partial charge in [-0.1, -0.05) is 74.6 Å². The van der Waals surface area contributed by atoms with Crippen LogP contribution in [0.4, 0.5) is 0 Å². The molecular weight excluding hydrogens is 424 g/mol. The van der Waals surface area contributed by atoms with Gasteiger partial charge in [-0.25, -0.2) is 18.5 Å². The molecule has 1 aromatic heterocycles. The number of nitrogens with two attached hydrogens (primary N) is 1. The molecule has 0 bridgehead atoms. The molecule has 1 aliphatic carbocycles. The fourth-order valence-corrected chi connectivity index (χ4v) is 6.13. The number of para-hydroxylation sites is 2. The molecule has 3 aromatic rings. The van der Waals surface area contributed by atoms with Crippen LogP contribution in [0.2, 0.25) is 0 Å². The second-order valence-electron chi connectivity index (χ2n) is 8.85. The number of nitrogens with zero attached hydrogens (tertiary/aromatic N) is 1. The average molecular weight is 455 g/mol. The van der Waals surface area contributed by atoms with E-state index in [1.807, 2.05) is 42.5 Å². The first kappa shape index (κ1) is 22.7. The zero-order chi connectivity index (χ0) is 22.6. The monoisotopic (exact) mass is 454 g/mol. The maximum absolute atomic E-state index is 13.6. The second kappa shape index (κ2) is 9.96. The van der Waals surface area contributed by atoms with Crippen molar-refractivity contribution in [2.75, 3.05) is 0 Å². The van der Waals surface area contributed by atoms with Crippen molar-refractivity contribution in [1.82, 2.24) is 4.98 Å². The number of fused-ring (bicyclic) bond motifs is 1. The van der Waals surface area contributed by atoms with E-state index in [2.05, 4.69) is 4.98 Å². The lowest BCUT2D eigenvalue weighted by atomic mass is 9.81. The molecule has 1 heterocycles. The maximum Gasteiger partial charge on any atom is 0.264 e. The largest absolute Gasteiger partial charge is 0.434 e. The van der Waals surface area contributed by atoms with E-state index in [1.54, 1.807) is 12.1 Å². The van der Waals surface area contributed by atoms with E-state index in [4.69, 9.17) is 9.56 Å². The Morgan fingerprint density at radius 1 is 1.03 bits per heavy atom. The van der Waals surface area contributed by atoms with Gasteiger partial charge in [0.25, 0.3) is 5.89 Å². The highest BCUT2D eigenvalue weighted by molar-refractivity contribution is 7.89. The molecule has 7 heteroatoms. The number of oxazole rings is 1. The average Bonchev–Trinajstić information content (AvgIpc) is 3.23. The number of Topliss-reactive ketones (excluding diaryl/α,β-unsaturated/α-hetero) is 1.